The first-order valence-electron chi connectivity index (χ1n) is 6.29. The van der Waals surface area contributed by atoms with Crippen LogP contribution in [-0.2, 0) is 13.5 Å². The molecule has 0 spiro atoms. The predicted molar refractivity (Wildman–Crippen MR) is 71.0 cm³/mol. The van der Waals surface area contributed by atoms with E-state index in [1.807, 2.05) is 7.05 Å². The smallest absolute Gasteiger partial charge is 0.147 e. The minimum absolute atomic E-state index is 0.240. The molecule has 98 valence electrons. The summed E-state index contributed by atoms with van der Waals surface area (Å²) in [5.41, 5.74) is 7.76. The number of aryl methyl sites for hydroxylation is 2. The molecule has 0 amide bonds. The summed E-state index contributed by atoms with van der Waals surface area (Å²) in [6, 6.07) is 0. The van der Waals surface area contributed by atoms with Crippen LogP contribution in [0.4, 0.5) is 11.5 Å². The minimum Gasteiger partial charge on any atom is -0.394 e. The van der Waals surface area contributed by atoms with Crippen molar-refractivity contribution in [2.45, 2.75) is 45.6 Å². The van der Waals surface area contributed by atoms with Crippen LogP contribution < -0.4 is 11.1 Å². The Morgan fingerprint density at radius 3 is 2.82 bits per heavy atom. The third-order valence-electron chi connectivity index (χ3n) is 2.74. The summed E-state index contributed by atoms with van der Waals surface area (Å²) >= 11 is 0. The summed E-state index contributed by atoms with van der Waals surface area (Å²) in [7, 11) is 1.90. The highest BCUT2D eigenvalue weighted by Gasteiger charge is 2.11. The van der Waals surface area contributed by atoms with Gasteiger partial charge in [-0.15, -0.1) is 0 Å². The lowest BCUT2D eigenvalue weighted by Crippen LogP contribution is -2.10. The lowest BCUT2D eigenvalue weighted by molar-refractivity contribution is 0.183. The molecule has 0 aliphatic heterocycles. The molecule has 5 nitrogen and oxygen atoms in total. The lowest BCUT2D eigenvalue weighted by atomic mass is 10.2. The normalized spacial score (nSPS) is 12.7. The molecule has 1 unspecified atom stereocenters. The van der Waals surface area contributed by atoms with Gasteiger partial charge in [0, 0.05) is 13.6 Å². The number of hydrogen-bond donors (Lipinski definition) is 3. The van der Waals surface area contributed by atoms with Crippen molar-refractivity contribution in [3.8, 4) is 0 Å². The van der Waals surface area contributed by atoms with E-state index in [1.165, 1.54) is 0 Å². The number of nitrogens with zero attached hydrogens (tertiary/aromatic N) is 2. The molecule has 5 heteroatoms. The molecule has 1 aromatic rings. The van der Waals surface area contributed by atoms with Crippen molar-refractivity contribution in [1.29, 1.82) is 0 Å². The SMILES string of the molecule is CCCc1nn(C)c(NCCCC(C)O)c1N. The van der Waals surface area contributed by atoms with Gasteiger partial charge in [0.25, 0.3) is 0 Å². The Kier molecular flexibility index (Phi) is 5.28. The summed E-state index contributed by atoms with van der Waals surface area (Å²) in [4.78, 5) is 0. The van der Waals surface area contributed by atoms with E-state index < -0.39 is 0 Å². The van der Waals surface area contributed by atoms with Gasteiger partial charge in [0.05, 0.1) is 17.5 Å². The van der Waals surface area contributed by atoms with Crippen LogP contribution in [0.15, 0.2) is 0 Å². The van der Waals surface area contributed by atoms with Gasteiger partial charge in [-0.1, -0.05) is 13.3 Å². The highest BCUT2D eigenvalue weighted by Crippen LogP contribution is 2.22. The highest BCUT2D eigenvalue weighted by atomic mass is 16.3. The zero-order valence-electron chi connectivity index (χ0n) is 11.0. The van der Waals surface area contributed by atoms with E-state index in [0.717, 1.165) is 49.4 Å². The molecule has 0 bridgehead atoms. The van der Waals surface area contributed by atoms with Crippen LogP contribution in [0.5, 0.6) is 0 Å². The van der Waals surface area contributed by atoms with Crippen molar-refractivity contribution in [1.82, 2.24) is 9.78 Å². The first kappa shape index (κ1) is 13.8. The summed E-state index contributed by atoms with van der Waals surface area (Å²) in [6.07, 6.45) is 3.44. The number of aliphatic hydroxyl groups is 1. The lowest BCUT2D eigenvalue weighted by Gasteiger charge is -2.08. The number of nitrogens with one attached hydrogen (secondary N) is 1. The Bertz CT molecular complexity index is 347. The molecule has 0 saturated carbocycles. The summed E-state index contributed by atoms with van der Waals surface area (Å²) in [6.45, 7) is 4.72. The Balaban J connectivity index is 2.52. The number of aliphatic hydroxyl groups excluding tert-OH is 1. The van der Waals surface area contributed by atoms with E-state index in [0.29, 0.717) is 0 Å². The maximum Gasteiger partial charge on any atom is 0.147 e. The van der Waals surface area contributed by atoms with E-state index in [9.17, 15) is 0 Å². The van der Waals surface area contributed by atoms with E-state index >= 15 is 0 Å². The van der Waals surface area contributed by atoms with Crippen molar-refractivity contribution < 1.29 is 5.11 Å². The van der Waals surface area contributed by atoms with E-state index in [4.69, 9.17) is 10.8 Å². The molecular formula is C12H24N4O. The number of nitrogens with two attached hydrogens (primary N) is 1. The van der Waals surface area contributed by atoms with Gasteiger partial charge in [-0.2, -0.15) is 5.10 Å². The van der Waals surface area contributed by atoms with Gasteiger partial charge in [-0.05, 0) is 26.2 Å². The molecule has 1 atom stereocenters. The third-order valence-corrected chi connectivity index (χ3v) is 2.74. The number of rotatable bonds is 7. The van der Waals surface area contributed by atoms with Crippen molar-refractivity contribution in [3.63, 3.8) is 0 Å². The summed E-state index contributed by atoms with van der Waals surface area (Å²) < 4.78 is 1.79. The molecule has 1 rings (SSSR count). The van der Waals surface area contributed by atoms with Gasteiger partial charge >= 0.3 is 0 Å². The van der Waals surface area contributed by atoms with Crippen LogP contribution in [0, 0.1) is 0 Å². The van der Waals surface area contributed by atoms with Gasteiger partial charge in [-0.25, -0.2) is 0 Å². The van der Waals surface area contributed by atoms with E-state index in [-0.39, 0.29) is 6.10 Å². The van der Waals surface area contributed by atoms with Crippen LogP contribution in [0.3, 0.4) is 0 Å². The quantitative estimate of drug-likeness (QED) is 0.632. The number of hydrogen-bond acceptors (Lipinski definition) is 4. The average Bonchev–Trinajstić information content (AvgIpc) is 2.51. The second-order valence-electron chi connectivity index (χ2n) is 4.50. The standard InChI is InChI=1S/C12H24N4O/c1-4-6-10-11(13)12(16(3)15-10)14-8-5-7-9(2)17/h9,14,17H,4-8,13H2,1-3H3. The molecule has 1 heterocycles. The largest absolute Gasteiger partial charge is 0.394 e. The number of aromatic nitrogens is 2. The Hall–Kier alpha value is -1.23. The zero-order valence-corrected chi connectivity index (χ0v) is 11.0. The molecule has 0 fully saturated rings. The zero-order chi connectivity index (χ0) is 12.8. The molecule has 1 aromatic heterocycles. The predicted octanol–water partition coefficient (Wildman–Crippen LogP) is 1.53. The third kappa shape index (κ3) is 3.93. The van der Waals surface area contributed by atoms with Gasteiger partial charge in [0.2, 0.25) is 0 Å². The minimum atomic E-state index is -0.240. The first-order valence-corrected chi connectivity index (χ1v) is 6.29. The Labute approximate surface area is 103 Å². The average molecular weight is 240 g/mol. The Morgan fingerprint density at radius 1 is 1.53 bits per heavy atom. The van der Waals surface area contributed by atoms with E-state index in [2.05, 4.69) is 17.3 Å². The van der Waals surface area contributed by atoms with Gasteiger partial charge in [0.1, 0.15) is 5.82 Å². The maximum atomic E-state index is 9.16. The molecule has 0 aliphatic rings. The number of anilines is 2. The molecule has 0 radical (unpaired) electrons. The fourth-order valence-electron chi connectivity index (χ4n) is 1.83. The Morgan fingerprint density at radius 2 is 2.24 bits per heavy atom. The monoisotopic (exact) mass is 240 g/mol. The van der Waals surface area contributed by atoms with Crippen molar-refractivity contribution >= 4 is 11.5 Å². The summed E-state index contributed by atoms with van der Waals surface area (Å²) in [5, 5.41) is 16.8. The number of nitrogen functional groups attached to an aromatic ring is 1. The van der Waals surface area contributed by atoms with Crippen LogP contribution in [-0.4, -0.2) is 27.5 Å². The fraction of sp³-hybridized carbons (Fsp3) is 0.750. The van der Waals surface area contributed by atoms with Crippen molar-refractivity contribution in [2.24, 2.45) is 7.05 Å². The molecule has 17 heavy (non-hydrogen) atoms. The van der Waals surface area contributed by atoms with Crippen LogP contribution in [0.25, 0.3) is 0 Å². The maximum absolute atomic E-state index is 9.16. The van der Waals surface area contributed by atoms with Crippen LogP contribution in [0.2, 0.25) is 0 Å². The highest BCUT2D eigenvalue weighted by molar-refractivity contribution is 5.64. The van der Waals surface area contributed by atoms with Crippen LogP contribution in [0.1, 0.15) is 38.8 Å². The second-order valence-corrected chi connectivity index (χ2v) is 4.50. The van der Waals surface area contributed by atoms with Crippen LogP contribution >= 0.6 is 0 Å². The summed E-state index contributed by atoms with van der Waals surface area (Å²) in [5.74, 6) is 0.888. The molecular weight excluding hydrogens is 216 g/mol. The molecule has 4 N–H and O–H groups in total. The first-order chi connectivity index (χ1) is 8.06. The van der Waals surface area contributed by atoms with Crippen molar-refractivity contribution in [3.05, 3.63) is 5.69 Å². The van der Waals surface area contributed by atoms with Gasteiger partial charge in [-0.3, -0.25) is 4.68 Å². The van der Waals surface area contributed by atoms with Gasteiger partial charge in [0.15, 0.2) is 0 Å². The second kappa shape index (κ2) is 6.49. The topological polar surface area (TPSA) is 76.1 Å². The van der Waals surface area contributed by atoms with Gasteiger partial charge < -0.3 is 16.2 Å². The molecule has 0 saturated heterocycles. The van der Waals surface area contributed by atoms with Crippen molar-refractivity contribution in [2.75, 3.05) is 17.6 Å². The van der Waals surface area contributed by atoms with E-state index in [1.54, 1.807) is 11.6 Å². The fourth-order valence-corrected chi connectivity index (χ4v) is 1.83. The molecule has 0 aliphatic carbocycles. The molecule has 0 aromatic carbocycles.